The number of rotatable bonds is 7. The van der Waals surface area contributed by atoms with Gasteiger partial charge in [-0.3, -0.25) is 4.79 Å². The number of anilines is 2. The third kappa shape index (κ3) is 5.12. The maximum absolute atomic E-state index is 11.4. The Morgan fingerprint density at radius 3 is 2.63 bits per heavy atom. The second kappa shape index (κ2) is 6.36. The van der Waals surface area contributed by atoms with Gasteiger partial charge in [-0.05, 0) is 18.2 Å². The van der Waals surface area contributed by atoms with Gasteiger partial charge in [-0.1, -0.05) is 0 Å². The van der Waals surface area contributed by atoms with Crippen molar-refractivity contribution in [3.8, 4) is 0 Å². The molecule has 1 aromatic rings. The molecule has 1 aromatic carbocycles. The van der Waals surface area contributed by atoms with E-state index in [1.165, 1.54) is 12.1 Å². The molecule has 0 aliphatic heterocycles. The van der Waals surface area contributed by atoms with Crippen molar-refractivity contribution in [3.05, 3.63) is 18.2 Å². The smallest absolute Gasteiger partial charge is 0.243 e. The highest BCUT2D eigenvalue weighted by Crippen LogP contribution is 2.22. The van der Waals surface area contributed by atoms with E-state index in [1.807, 2.05) is 0 Å². The van der Waals surface area contributed by atoms with Crippen LogP contribution in [0.5, 0.6) is 0 Å². The van der Waals surface area contributed by atoms with Gasteiger partial charge in [-0.2, -0.15) is 0 Å². The Labute approximate surface area is 110 Å². The van der Waals surface area contributed by atoms with E-state index in [0.29, 0.717) is 17.9 Å². The molecule has 1 amide bonds. The van der Waals surface area contributed by atoms with Crippen molar-refractivity contribution < 1.29 is 17.9 Å². The van der Waals surface area contributed by atoms with Crippen LogP contribution in [-0.4, -0.2) is 34.1 Å². The number of nitrogens with two attached hydrogens (primary N) is 3. The van der Waals surface area contributed by atoms with E-state index in [9.17, 15) is 13.2 Å². The average Bonchev–Trinajstić information content (AvgIpc) is 2.28. The van der Waals surface area contributed by atoms with E-state index in [-0.39, 0.29) is 18.1 Å². The molecule has 0 bridgehead atoms. The molecule has 0 aromatic heterocycles. The Bertz CT molecular complexity index is 559. The third-order valence-corrected chi connectivity index (χ3v) is 3.07. The largest absolute Gasteiger partial charge is 0.399 e. The van der Waals surface area contributed by atoms with Crippen molar-refractivity contribution in [1.82, 2.24) is 0 Å². The molecule has 106 valence electrons. The molecule has 7 N–H and O–H groups in total. The van der Waals surface area contributed by atoms with E-state index >= 15 is 0 Å². The van der Waals surface area contributed by atoms with E-state index in [4.69, 9.17) is 21.3 Å². The van der Waals surface area contributed by atoms with Crippen molar-refractivity contribution in [2.24, 2.45) is 10.9 Å². The standard InChI is InChI=1S/C10H16N4O4S/c11-7-1-2-8(9(5-7)19(13,16)17)14-3-4-18-6-10(12)15/h1-2,5,14H,3-4,6,11H2,(H2,12,15)(H2,13,16,17). The summed E-state index contributed by atoms with van der Waals surface area (Å²) in [7, 11) is -3.87. The number of benzene rings is 1. The van der Waals surface area contributed by atoms with Crippen molar-refractivity contribution >= 4 is 27.3 Å². The number of carbonyl (C=O) groups excluding carboxylic acids is 1. The molecule has 0 fully saturated rings. The molecule has 19 heavy (non-hydrogen) atoms. The molecule has 0 radical (unpaired) electrons. The number of primary amides is 1. The van der Waals surface area contributed by atoms with E-state index < -0.39 is 15.9 Å². The zero-order valence-electron chi connectivity index (χ0n) is 10.1. The Morgan fingerprint density at radius 1 is 1.37 bits per heavy atom. The van der Waals surface area contributed by atoms with Crippen LogP contribution < -0.4 is 21.9 Å². The zero-order chi connectivity index (χ0) is 14.5. The number of ether oxygens (including phenoxy) is 1. The van der Waals surface area contributed by atoms with Gasteiger partial charge in [0.25, 0.3) is 0 Å². The van der Waals surface area contributed by atoms with E-state index in [2.05, 4.69) is 5.32 Å². The summed E-state index contributed by atoms with van der Waals surface area (Å²) in [6.07, 6.45) is 0. The van der Waals surface area contributed by atoms with Gasteiger partial charge in [-0.15, -0.1) is 0 Å². The van der Waals surface area contributed by atoms with Crippen LogP contribution in [0.4, 0.5) is 11.4 Å². The van der Waals surface area contributed by atoms with Gasteiger partial charge in [0.1, 0.15) is 11.5 Å². The summed E-state index contributed by atoms with van der Waals surface area (Å²) in [4.78, 5) is 10.3. The summed E-state index contributed by atoms with van der Waals surface area (Å²) in [5, 5.41) is 7.91. The number of nitrogen functional groups attached to an aromatic ring is 1. The summed E-state index contributed by atoms with van der Waals surface area (Å²) < 4.78 is 27.7. The highest BCUT2D eigenvalue weighted by molar-refractivity contribution is 7.89. The van der Waals surface area contributed by atoms with Crippen LogP contribution in [0.25, 0.3) is 0 Å². The molecular formula is C10H16N4O4S. The fourth-order valence-corrected chi connectivity index (χ4v) is 2.10. The highest BCUT2D eigenvalue weighted by Gasteiger charge is 2.14. The van der Waals surface area contributed by atoms with Crippen LogP contribution in [0.1, 0.15) is 0 Å². The second-order valence-electron chi connectivity index (χ2n) is 3.75. The lowest BCUT2D eigenvalue weighted by atomic mass is 10.3. The number of hydrogen-bond acceptors (Lipinski definition) is 6. The lowest BCUT2D eigenvalue weighted by molar-refractivity contribution is -0.122. The lowest BCUT2D eigenvalue weighted by Crippen LogP contribution is -2.21. The van der Waals surface area contributed by atoms with E-state index in [1.54, 1.807) is 6.07 Å². The van der Waals surface area contributed by atoms with Gasteiger partial charge < -0.3 is 21.5 Å². The van der Waals surface area contributed by atoms with Gasteiger partial charge in [0.2, 0.25) is 15.9 Å². The van der Waals surface area contributed by atoms with Gasteiger partial charge in [0.15, 0.2) is 0 Å². The second-order valence-corrected chi connectivity index (χ2v) is 5.28. The first-order chi connectivity index (χ1) is 8.80. The first kappa shape index (κ1) is 15.2. The summed E-state index contributed by atoms with van der Waals surface area (Å²) in [5.74, 6) is -0.572. The van der Waals surface area contributed by atoms with Gasteiger partial charge in [0, 0.05) is 12.2 Å². The average molecular weight is 288 g/mol. The maximum Gasteiger partial charge on any atom is 0.243 e. The molecule has 0 unspecified atom stereocenters. The van der Waals surface area contributed by atoms with Crippen LogP contribution in [-0.2, 0) is 19.6 Å². The van der Waals surface area contributed by atoms with Gasteiger partial charge in [-0.25, -0.2) is 13.6 Å². The van der Waals surface area contributed by atoms with Crippen LogP contribution >= 0.6 is 0 Å². The number of carbonyl (C=O) groups is 1. The number of amides is 1. The van der Waals surface area contributed by atoms with E-state index in [0.717, 1.165) is 0 Å². The third-order valence-electron chi connectivity index (χ3n) is 2.12. The molecule has 0 heterocycles. The minimum Gasteiger partial charge on any atom is -0.399 e. The molecular weight excluding hydrogens is 272 g/mol. The Morgan fingerprint density at radius 2 is 2.05 bits per heavy atom. The molecule has 1 rings (SSSR count). The van der Waals surface area contributed by atoms with Crippen LogP contribution in [0.2, 0.25) is 0 Å². The summed E-state index contributed by atoms with van der Waals surface area (Å²) >= 11 is 0. The van der Waals surface area contributed by atoms with Crippen LogP contribution in [0.3, 0.4) is 0 Å². The fraction of sp³-hybridized carbons (Fsp3) is 0.300. The first-order valence-corrected chi connectivity index (χ1v) is 6.87. The molecule has 0 spiro atoms. The molecule has 0 aliphatic rings. The summed E-state index contributed by atoms with van der Waals surface area (Å²) in [5.41, 5.74) is 11.0. The van der Waals surface area contributed by atoms with Crippen molar-refractivity contribution in [1.29, 1.82) is 0 Å². The lowest BCUT2D eigenvalue weighted by Gasteiger charge is -2.11. The Balaban J connectivity index is 2.66. The van der Waals surface area contributed by atoms with Crippen molar-refractivity contribution in [2.45, 2.75) is 4.90 Å². The minimum atomic E-state index is -3.87. The summed E-state index contributed by atoms with van der Waals surface area (Å²) in [6, 6.07) is 4.31. The highest BCUT2D eigenvalue weighted by atomic mass is 32.2. The fourth-order valence-electron chi connectivity index (χ4n) is 1.35. The van der Waals surface area contributed by atoms with Crippen molar-refractivity contribution in [3.63, 3.8) is 0 Å². The predicted octanol–water partition coefficient (Wildman–Crippen LogP) is -1.17. The predicted molar refractivity (Wildman–Crippen MR) is 70.7 cm³/mol. The Kier molecular flexibility index (Phi) is 5.10. The molecule has 9 heteroatoms. The molecule has 0 atom stereocenters. The quantitative estimate of drug-likeness (QED) is 0.366. The number of primary sulfonamides is 1. The van der Waals surface area contributed by atoms with Crippen molar-refractivity contribution in [2.75, 3.05) is 30.8 Å². The normalized spacial score (nSPS) is 11.2. The molecule has 0 aliphatic carbocycles. The van der Waals surface area contributed by atoms with Gasteiger partial charge in [0.05, 0.1) is 12.3 Å². The number of sulfonamides is 1. The zero-order valence-corrected chi connectivity index (χ0v) is 10.9. The topological polar surface area (TPSA) is 151 Å². The Hall–Kier alpha value is -1.84. The SMILES string of the molecule is NC(=O)COCCNc1ccc(N)cc1S(N)(=O)=O. The first-order valence-electron chi connectivity index (χ1n) is 5.33. The molecule has 0 saturated carbocycles. The minimum absolute atomic E-state index is 0.0950. The van der Waals surface area contributed by atoms with Gasteiger partial charge >= 0.3 is 0 Å². The number of hydrogen-bond donors (Lipinski definition) is 4. The molecule has 0 saturated heterocycles. The molecule has 8 nitrogen and oxygen atoms in total. The van der Waals surface area contributed by atoms with Crippen LogP contribution in [0.15, 0.2) is 23.1 Å². The monoisotopic (exact) mass is 288 g/mol. The van der Waals surface area contributed by atoms with Crippen LogP contribution in [0, 0.1) is 0 Å². The maximum atomic E-state index is 11.4. The number of nitrogens with one attached hydrogen (secondary N) is 1. The summed E-state index contributed by atoms with van der Waals surface area (Å²) in [6.45, 7) is 0.294.